The molecule has 1 N–H and O–H groups in total. The lowest BCUT2D eigenvalue weighted by atomic mass is 10.2. The van der Waals surface area contributed by atoms with E-state index in [2.05, 4.69) is 0 Å². The lowest BCUT2D eigenvalue weighted by Crippen LogP contribution is -2.35. The number of ether oxygens (including phenoxy) is 1. The minimum atomic E-state index is -3.67. The summed E-state index contributed by atoms with van der Waals surface area (Å²) in [6.07, 6.45) is 2.43. The molecule has 0 amide bonds. The molecular formula is C14H19NO5S. The first-order valence-corrected chi connectivity index (χ1v) is 8.29. The Morgan fingerprint density at radius 1 is 1.48 bits per heavy atom. The highest BCUT2D eigenvalue weighted by Gasteiger charge is 2.34. The molecule has 1 aromatic rings. The van der Waals surface area contributed by atoms with Crippen molar-refractivity contribution in [3.05, 3.63) is 23.8 Å². The van der Waals surface area contributed by atoms with E-state index in [0.717, 1.165) is 19.3 Å². The first-order chi connectivity index (χ1) is 9.91. The van der Waals surface area contributed by atoms with Crippen LogP contribution in [-0.4, -0.2) is 43.5 Å². The van der Waals surface area contributed by atoms with E-state index in [0.29, 0.717) is 6.54 Å². The smallest absolute Gasteiger partial charge is 0.339 e. The standard InChI is InChI=1S/C14H19NO5S/c1-3-10-5-4-8-15(10)21(18,19)11-6-7-13(20-2)12(9-11)14(16)17/h6-7,9-10H,3-5,8H2,1-2H3,(H,16,17)/t10-/m1/s1. The predicted octanol–water partition coefficient (Wildman–Crippen LogP) is 1.96. The summed E-state index contributed by atoms with van der Waals surface area (Å²) >= 11 is 0. The maximum atomic E-state index is 12.7. The second-order valence-electron chi connectivity index (χ2n) is 4.99. The van der Waals surface area contributed by atoms with E-state index < -0.39 is 16.0 Å². The summed E-state index contributed by atoms with van der Waals surface area (Å²) in [7, 11) is -2.32. The summed E-state index contributed by atoms with van der Waals surface area (Å²) in [4.78, 5) is 11.2. The molecule has 1 aliphatic rings. The Labute approximate surface area is 124 Å². The van der Waals surface area contributed by atoms with E-state index in [1.54, 1.807) is 0 Å². The first-order valence-electron chi connectivity index (χ1n) is 6.85. The van der Waals surface area contributed by atoms with Gasteiger partial charge in [-0.25, -0.2) is 13.2 Å². The molecule has 0 aromatic heterocycles. The number of benzene rings is 1. The van der Waals surface area contributed by atoms with Crippen LogP contribution in [-0.2, 0) is 10.0 Å². The van der Waals surface area contributed by atoms with Crippen LogP contribution in [0.3, 0.4) is 0 Å². The van der Waals surface area contributed by atoms with Gasteiger partial charge >= 0.3 is 5.97 Å². The molecule has 0 spiro atoms. The molecule has 7 heteroatoms. The summed E-state index contributed by atoms with van der Waals surface area (Å²) < 4.78 is 31.8. The van der Waals surface area contributed by atoms with E-state index in [1.165, 1.54) is 29.6 Å². The molecule has 1 fully saturated rings. The van der Waals surface area contributed by atoms with Crippen LogP contribution in [0.15, 0.2) is 23.1 Å². The summed E-state index contributed by atoms with van der Waals surface area (Å²) in [6, 6.07) is 3.94. The van der Waals surface area contributed by atoms with Crippen LogP contribution in [0, 0.1) is 0 Å². The predicted molar refractivity (Wildman–Crippen MR) is 77.2 cm³/mol. The van der Waals surface area contributed by atoms with Gasteiger partial charge in [-0.15, -0.1) is 0 Å². The fourth-order valence-electron chi connectivity index (χ4n) is 2.68. The molecule has 0 saturated carbocycles. The van der Waals surface area contributed by atoms with Crippen LogP contribution in [0.2, 0.25) is 0 Å². The van der Waals surface area contributed by atoms with Gasteiger partial charge in [0.15, 0.2) is 0 Å². The highest BCUT2D eigenvalue weighted by Crippen LogP contribution is 2.30. The maximum Gasteiger partial charge on any atom is 0.339 e. The second kappa shape index (κ2) is 6.03. The number of nitrogens with zero attached hydrogens (tertiary/aromatic N) is 1. The summed E-state index contributed by atoms with van der Waals surface area (Å²) in [5, 5.41) is 9.16. The fraction of sp³-hybridized carbons (Fsp3) is 0.500. The largest absolute Gasteiger partial charge is 0.496 e. The molecule has 116 valence electrons. The Balaban J connectivity index is 2.45. The summed E-state index contributed by atoms with van der Waals surface area (Å²) in [6.45, 7) is 2.44. The number of rotatable bonds is 5. The zero-order chi connectivity index (χ0) is 15.6. The maximum absolute atomic E-state index is 12.7. The van der Waals surface area contributed by atoms with Crippen LogP contribution < -0.4 is 4.74 Å². The molecule has 1 aromatic carbocycles. The van der Waals surface area contributed by atoms with Crippen molar-refractivity contribution in [2.75, 3.05) is 13.7 Å². The van der Waals surface area contributed by atoms with Crippen LogP contribution >= 0.6 is 0 Å². The van der Waals surface area contributed by atoms with Gasteiger partial charge in [-0.3, -0.25) is 0 Å². The molecule has 1 heterocycles. The molecule has 1 saturated heterocycles. The van der Waals surface area contributed by atoms with Gasteiger partial charge < -0.3 is 9.84 Å². The minimum absolute atomic E-state index is 0.000972. The van der Waals surface area contributed by atoms with Gasteiger partial charge in [0, 0.05) is 12.6 Å². The molecule has 6 nitrogen and oxygen atoms in total. The van der Waals surface area contributed by atoms with Crippen LogP contribution in [0.25, 0.3) is 0 Å². The average Bonchev–Trinajstić information content (AvgIpc) is 2.95. The Bertz CT molecular complexity index is 641. The van der Waals surface area contributed by atoms with Crippen molar-refractivity contribution in [2.45, 2.75) is 37.1 Å². The van der Waals surface area contributed by atoms with Gasteiger partial charge in [0.2, 0.25) is 10.0 Å². The topological polar surface area (TPSA) is 83.9 Å². The molecule has 1 atom stereocenters. The number of sulfonamides is 1. The molecule has 2 rings (SSSR count). The van der Waals surface area contributed by atoms with Crippen molar-refractivity contribution in [2.24, 2.45) is 0 Å². The van der Waals surface area contributed by atoms with Gasteiger partial charge in [-0.2, -0.15) is 4.31 Å². The Morgan fingerprint density at radius 3 is 2.76 bits per heavy atom. The third kappa shape index (κ3) is 2.89. The number of carbonyl (C=O) groups is 1. The van der Waals surface area contributed by atoms with Crippen molar-refractivity contribution in [3.63, 3.8) is 0 Å². The zero-order valence-electron chi connectivity index (χ0n) is 12.1. The van der Waals surface area contributed by atoms with Gasteiger partial charge in [0.05, 0.1) is 12.0 Å². The highest BCUT2D eigenvalue weighted by atomic mass is 32.2. The van der Waals surface area contributed by atoms with Crippen LogP contribution in [0.1, 0.15) is 36.5 Å². The average molecular weight is 313 g/mol. The van der Waals surface area contributed by atoms with Gasteiger partial charge in [-0.05, 0) is 37.5 Å². The Morgan fingerprint density at radius 2 is 2.19 bits per heavy atom. The van der Waals surface area contributed by atoms with E-state index in [9.17, 15) is 13.2 Å². The van der Waals surface area contributed by atoms with Gasteiger partial charge in [0.25, 0.3) is 0 Å². The Hall–Kier alpha value is -1.60. The highest BCUT2D eigenvalue weighted by molar-refractivity contribution is 7.89. The summed E-state index contributed by atoms with van der Waals surface area (Å²) in [5.41, 5.74) is -0.147. The third-order valence-corrected chi connectivity index (χ3v) is 5.75. The number of hydrogen-bond donors (Lipinski definition) is 1. The molecule has 1 aliphatic heterocycles. The van der Waals surface area contributed by atoms with E-state index in [1.807, 2.05) is 6.92 Å². The SMILES string of the molecule is CC[C@@H]1CCCN1S(=O)(=O)c1ccc(OC)c(C(=O)O)c1. The molecule has 0 unspecified atom stereocenters. The van der Waals surface area contributed by atoms with Crippen molar-refractivity contribution in [1.29, 1.82) is 0 Å². The first kappa shape index (κ1) is 15.8. The van der Waals surface area contributed by atoms with Crippen molar-refractivity contribution >= 4 is 16.0 Å². The van der Waals surface area contributed by atoms with Gasteiger partial charge in [-0.1, -0.05) is 6.92 Å². The number of methoxy groups -OCH3 is 1. The molecule has 21 heavy (non-hydrogen) atoms. The zero-order valence-corrected chi connectivity index (χ0v) is 12.9. The molecule has 0 radical (unpaired) electrons. The number of carboxylic acids is 1. The van der Waals surface area contributed by atoms with Gasteiger partial charge in [0.1, 0.15) is 11.3 Å². The third-order valence-electron chi connectivity index (χ3n) is 3.80. The Kier molecular flexibility index (Phi) is 4.53. The van der Waals surface area contributed by atoms with E-state index in [4.69, 9.17) is 9.84 Å². The number of hydrogen-bond acceptors (Lipinski definition) is 4. The lowest BCUT2D eigenvalue weighted by molar-refractivity contribution is 0.0693. The van der Waals surface area contributed by atoms with E-state index >= 15 is 0 Å². The molecule has 0 bridgehead atoms. The van der Waals surface area contributed by atoms with E-state index in [-0.39, 0.29) is 22.3 Å². The van der Waals surface area contributed by atoms with Crippen LogP contribution in [0.4, 0.5) is 0 Å². The second-order valence-corrected chi connectivity index (χ2v) is 6.88. The van der Waals surface area contributed by atoms with Crippen molar-refractivity contribution < 1.29 is 23.1 Å². The number of carboxylic acid groups (broad SMARTS) is 1. The van der Waals surface area contributed by atoms with Crippen LogP contribution in [0.5, 0.6) is 5.75 Å². The lowest BCUT2D eigenvalue weighted by Gasteiger charge is -2.23. The molecular weight excluding hydrogens is 294 g/mol. The fourth-order valence-corrected chi connectivity index (χ4v) is 4.48. The normalized spacial score (nSPS) is 19.6. The molecule has 0 aliphatic carbocycles. The number of aromatic carboxylic acids is 1. The van der Waals surface area contributed by atoms with Crippen molar-refractivity contribution in [1.82, 2.24) is 4.31 Å². The van der Waals surface area contributed by atoms with Crippen molar-refractivity contribution in [3.8, 4) is 5.75 Å². The quantitative estimate of drug-likeness (QED) is 0.898. The monoisotopic (exact) mass is 313 g/mol. The summed E-state index contributed by atoms with van der Waals surface area (Å²) in [5.74, 6) is -1.06. The minimum Gasteiger partial charge on any atom is -0.496 e.